The number of anilines is 3. The Balaban J connectivity index is 1.79. The van der Waals surface area contributed by atoms with Gasteiger partial charge in [-0.25, -0.2) is 15.0 Å². The number of fused-ring (bicyclic) bond motifs is 1. The summed E-state index contributed by atoms with van der Waals surface area (Å²) in [6.45, 7) is 5.42. The quantitative estimate of drug-likeness (QED) is 0.165. The van der Waals surface area contributed by atoms with Gasteiger partial charge in [0.05, 0.1) is 23.1 Å². The van der Waals surface area contributed by atoms with Crippen LogP contribution in [0.15, 0.2) is 65.2 Å². The molecule has 2 aromatic heterocycles. The monoisotopic (exact) mass is 479 g/mol. The number of aromatic nitrogens is 4. The second-order valence-electron chi connectivity index (χ2n) is 7.04. The number of nitrogens with one attached hydrogen (secondary N) is 2. The SMILES string of the molecule is C/C=C(\C=CC/C=C(\C)SNc1nc2ccccc2nc1Nc1nc(C)cc(OC)n1)[N+](=O)[O-]. The van der Waals surface area contributed by atoms with Gasteiger partial charge in [0.2, 0.25) is 11.8 Å². The first-order valence-corrected chi connectivity index (χ1v) is 11.2. The lowest BCUT2D eigenvalue weighted by molar-refractivity contribution is -0.419. The maximum Gasteiger partial charge on any atom is 0.264 e. The third-order valence-electron chi connectivity index (χ3n) is 4.49. The summed E-state index contributed by atoms with van der Waals surface area (Å²) in [5, 5.41) is 14.0. The molecule has 2 heterocycles. The standard InChI is InChI=1S/C23H25N7O3S/c1-5-17(30(31)32)11-7-6-10-16(3)34-29-22-21(25-18-12-8-9-13-19(18)26-22)28-23-24-15(2)14-20(27-23)33-4/h5,7-14H,6H2,1-4H3,(H,26,29)(H,24,25,27,28)/b11-7?,16-10+,17-5+. The van der Waals surface area contributed by atoms with Gasteiger partial charge in [0.1, 0.15) is 0 Å². The smallest absolute Gasteiger partial charge is 0.264 e. The molecule has 0 aliphatic heterocycles. The number of hydrogen-bond donors (Lipinski definition) is 2. The van der Waals surface area contributed by atoms with E-state index in [1.54, 1.807) is 26.2 Å². The van der Waals surface area contributed by atoms with Crippen molar-refractivity contribution in [2.75, 3.05) is 17.1 Å². The first-order chi connectivity index (χ1) is 16.4. The number of aryl methyl sites for hydroxylation is 1. The van der Waals surface area contributed by atoms with Crippen LogP contribution in [-0.2, 0) is 0 Å². The largest absolute Gasteiger partial charge is 0.481 e. The van der Waals surface area contributed by atoms with Crippen molar-refractivity contribution in [1.29, 1.82) is 0 Å². The van der Waals surface area contributed by atoms with E-state index < -0.39 is 4.92 Å². The molecule has 1 aromatic carbocycles. The number of ether oxygens (including phenoxy) is 1. The zero-order valence-corrected chi connectivity index (χ0v) is 20.1. The predicted octanol–water partition coefficient (Wildman–Crippen LogP) is 5.57. The molecule has 0 unspecified atom stereocenters. The average Bonchev–Trinajstić information content (AvgIpc) is 2.82. The number of para-hydroxylation sites is 2. The number of nitrogens with zero attached hydrogens (tertiary/aromatic N) is 5. The highest BCUT2D eigenvalue weighted by Gasteiger charge is 2.12. The average molecular weight is 480 g/mol. The number of rotatable bonds is 10. The van der Waals surface area contributed by atoms with Crippen LogP contribution < -0.4 is 14.8 Å². The first kappa shape index (κ1) is 24.6. The van der Waals surface area contributed by atoms with Gasteiger partial charge in [-0.15, -0.1) is 0 Å². The van der Waals surface area contributed by atoms with Crippen LogP contribution in [0.2, 0.25) is 0 Å². The fourth-order valence-electron chi connectivity index (χ4n) is 2.82. The van der Waals surface area contributed by atoms with Gasteiger partial charge in [-0.05, 0) is 62.3 Å². The highest BCUT2D eigenvalue weighted by Crippen LogP contribution is 2.28. The Labute approximate surface area is 201 Å². The molecule has 0 bridgehead atoms. The van der Waals surface area contributed by atoms with Gasteiger partial charge in [0, 0.05) is 17.8 Å². The van der Waals surface area contributed by atoms with Gasteiger partial charge < -0.3 is 14.8 Å². The summed E-state index contributed by atoms with van der Waals surface area (Å²) in [6.07, 6.45) is 7.21. The van der Waals surface area contributed by atoms with Gasteiger partial charge >= 0.3 is 0 Å². The van der Waals surface area contributed by atoms with Crippen molar-refractivity contribution < 1.29 is 9.66 Å². The molecule has 3 rings (SSSR count). The Hall–Kier alpha value is -3.99. The molecule has 0 spiro atoms. The Morgan fingerprint density at radius 1 is 1.18 bits per heavy atom. The molecular formula is C23H25N7O3S. The highest BCUT2D eigenvalue weighted by molar-refractivity contribution is 8.04. The van der Waals surface area contributed by atoms with Crippen molar-refractivity contribution in [2.45, 2.75) is 27.2 Å². The molecule has 10 nitrogen and oxygen atoms in total. The summed E-state index contributed by atoms with van der Waals surface area (Å²) in [6, 6.07) is 9.30. The summed E-state index contributed by atoms with van der Waals surface area (Å²) in [5.74, 6) is 1.77. The van der Waals surface area contributed by atoms with Crippen molar-refractivity contribution in [3.05, 3.63) is 81.0 Å². The Bertz CT molecular complexity index is 1270. The minimum absolute atomic E-state index is 0.0639. The molecule has 176 valence electrons. The molecule has 3 aromatic rings. The molecular weight excluding hydrogens is 454 g/mol. The van der Waals surface area contributed by atoms with Crippen molar-refractivity contribution in [3.63, 3.8) is 0 Å². The van der Waals surface area contributed by atoms with Crippen molar-refractivity contribution in [1.82, 2.24) is 19.9 Å². The van der Waals surface area contributed by atoms with Crippen LogP contribution in [0.1, 0.15) is 26.0 Å². The molecule has 0 saturated heterocycles. The number of hydrogen-bond acceptors (Lipinski definition) is 10. The van der Waals surface area contributed by atoms with E-state index in [2.05, 4.69) is 25.0 Å². The van der Waals surface area contributed by atoms with E-state index >= 15 is 0 Å². The van der Waals surface area contributed by atoms with E-state index in [-0.39, 0.29) is 5.70 Å². The topological polar surface area (TPSA) is 128 Å². The van der Waals surface area contributed by atoms with Gasteiger partial charge in [-0.3, -0.25) is 10.1 Å². The van der Waals surface area contributed by atoms with E-state index in [1.165, 1.54) is 24.1 Å². The van der Waals surface area contributed by atoms with Crippen LogP contribution in [-0.4, -0.2) is 32.0 Å². The Morgan fingerprint density at radius 3 is 2.53 bits per heavy atom. The Morgan fingerprint density at radius 2 is 1.88 bits per heavy atom. The molecule has 0 radical (unpaired) electrons. The van der Waals surface area contributed by atoms with Crippen LogP contribution in [0.3, 0.4) is 0 Å². The van der Waals surface area contributed by atoms with Gasteiger partial charge in [0.15, 0.2) is 11.6 Å². The lowest BCUT2D eigenvalue weighted by Gasteiger charge is -2.13. The molecule has 0 amide bonds. The van der Waals surface area contributed by atoms with Gasteiger partial charge in [0.25, 0.3) is 5.70 Å². The minimum Gasteiger partial charge on any atom is -0.481 e. The van der Waals surface area contributed by atoms with E-state index in [9.17, 15) is 10.1 Å². The fraction of sp³-hybridized carbons (Fsp3) is 0.217. The third kappa shape index (κ3) is 6.75. The van der Waals surface area contributed by atoms with Crippen LogP contribution in [0.4, 0.5) is 17.6 Å². The predicted molar refractivity (Wildman–Crippen MR) is 136 cm³/mol. The first-order valence-electron chi connectivity index (χ1n) is 10.4. The molecule has 11 heteroatoms. The number of allylic oxidation sites excluding steroid dienone is 5. The molecule has 0 aliphatic rings. The van der Waals surface area contributed by atoms with Crippen LogP contribution in [0, 0.1) is 17.0 Å². The fourth-order valence-corrected chi connectivity index (χ4v) is 3.40. The van der Waals surface area contributed by atoms with E-state index in [1.807, 2.05) is 44.2 Å². The molecule has 34 heavy (non-hydrogen) atoms. The molecule has 0 atom stereocenters. The van der Waals surface area contributed by atoms with Crippen LogP contribution >= 0.6 is 11.9 Å². The Kier molecular flexibility index (Phi) is 8.52. The van der Waals surface area contributed by atoms with E-state index in [0.717, 1.165) is 21.6 Å². The minimum atomic E-state index is -0.413. The normalized spacial score (nSPS) is 12.2. The summed E-state index contributed by atoms with van der Waals surface area (Å²) in [5.41, 5.74) is 2.27. The zero-order valence-electron chi connectivity index (χ0n) is 19.3. The molecule has 0 saturated carbocycles. The van der Waals surface area contributed by atoms with Crippen molar-refractivity contribution in [3.8, 4) is 5.88 Å². The van der Waals surface area contributed by atoms with Gasteiger partial charge in [-0.1, -0.05) is 24.3 Å². The second kappa shape index (κ2) is 11.8. The van der Waals surface area contributed by atoms with Crippen LogP contribution in [0.5, 0.6) is 5.88 Å². The number of methoxy groups -OCH3 is 1. The summed E-state index contributed by atoms with van der Waals surface area (Å²) in [7, 11) is 1.55. The summed E-state index contributed by atoms with van der Waals surface area (Å²) >= 11 is 1.37. The lowest BCUT2D eigenvalue weighted by Crippen LogP contribution is -2.06. The third-order valence-corrected chi connectivity index (χ3v) is 5.27. The molecule has 0 aliphatic carbocycles. The summed E-state index contributed by atoms with van der Waals surface area (Å²) < 4.78 is 8.46. The van der Waals surface area contributed by atoms with E-state index in [4.69, 9.17) is 9.72 Å². The maximum absolute atomic E-state index is 10.9. The molecule has 2 N–H and O–H groups in total. The van der Waals surface area contributed by atoms with Crippen LogP contribution in [0.25, 0.3) is 11.0 Å². The van der Waals surface area contributed by atoms with Crippen molar-refractivity contribution >= 4 is 40.6 Å². The summed E-state index contributed by atoms with van der Waals surface area (Å²) in [4.78, 5) is 29.5. The highest BCUT2D eigenvalue weighted by atomic mass is 32.2. The second-order valence-corrected chi connectivity index (χ2v) is 8.09. The maximum atomic E-state index is 10.9. The van der Waals surface area contributed by atoms with E-state index in [0.29, 0.717) is 29.9 Å². The number of nitro groups is 1. The lowest BCUT2D eigenvalue weighted by atomic mass is 10.3. The molecule has 0 fully saturated rings. The van der Waals surface area contributed by atoms with Crippen molar-refractivity contribution in [2.24, 2.45) is 0 Å². The number of benzene rings is 1. The van der Waals surface area contributed by atoms with Gasteiger partial charge in [-0.2, -0.15) is 4.98 Å². The zero-order chi connectivity index (χ0) is 24.5.